The predicted octanol–water partition coefficient (Wildman–Crippen LogP) is 3.11. The molecule has 7 heteroatoms. The van der Waals surface area contributed by atoms with Gasteiger partial charge in [0.05, 0.1) is 21.3 Å². The monoisotopic (exact) mass is 368 g/mol. The number of fused-ring (bicyclic) bond motifs is 1. The molecule has 0 bridgehead atoms. The lowest BCUT2D eigenvalue weighted by molar-refractivity contribution is 0.102. The Morgan fingerprint density at radius 2 is 1.63 bits per heavy atom. The molecule has 2 N–H and O–H groups in total. The average molecular weight is 368 g/mol. The van der Waals surface area contributed by atoms with Crippen molar-refractivity contribution in [3.05, 3.63) is 57.9 Å². The number of H-pyrrole nitrogens is 1. The number of pyridine rings is 1. The lowest BCUT2D eigenvalue weighted by atomic mass is 10.1. The molecule has 0 radical (unpaired) electrons. The minimum Gasteiger partial charge on any atom is -0.493 e. The van der Waals surface area contributed by atoms with Gasteiger partial charge in [-0.1, -0.05) is 0 Å². The van der Waals surface area contributed by atoms with Crippen molar-refractivity contribution in [3.63, 3.8) is 0 Å². The first-order chi connectivity index (χ1) is 13.0. The second-order valence-electron chi connectivity index (χ2n) is 5.95. The standard InChI is InChI=1S/C20H20N2O5/c1-11-7-16(23)14-10-13(5-6-15(14)21-11)22-20(24)12-8-17(25-2)19(27-4)18(9-12)26-3/h5-10H,1-4H3,(H,21,23)(H,22,24). The van der Waals surface area contributed by atoms with Gasteiger partial charge >= 0.3 is 0 Å². The van der Waals surface area contributed by atoms with Crippen molar-refractivity contribution in [3.8, 4) is 17.2 Å². The summed E-state index contributed by atoms with van der Waals surface area (Å²) in [5.41, 5.74) is 2.23. The van der Waals surface area contributed by atoms with E-state index < -0.39 is 0 Å². The van der Waals surface area contributed by atoms with Crippen LogP contribution in [0.15, 0.2) is 41.2 Å². The third-order valence-electron chi connectivity index (χ3n) is 4.15. The first-order valence-electron chi connectivity index (χ1n) is 8.22. The van der Waals surface area contributed by atoms with Crippen LogP contribution in [0.3, 0.4) is 0 Å². The fourth-order valence-corrected chi connectivity index (χ4v) is 2.87. The quantitative estimate of drug-likeness (QED) is 0.722. The van der Waals surface area contributed by atoms with E-state index in [1.807, 2.05) is 6.92 Å². The Kier molecular flexibility index (Phi) is 5.03. The second-order valence-corrected chi connectivity index (χ2v) is 5.95. The molecule has 3 rings (SSSR count). The zero-order valence-corrected chi connectivity index (χ0v) is 15.5. The summed E-state index contributed by atoms with van der Waals surface area (Å²) in [5, 5.41) is 3.29. The summed E-state index contributed by atoms with van der Waals surface area (Å²) < 4.78 is 15.8. The van der Waals surface area contributed by atoms with Gasteiger partial charge in [0.15, 0.2) is 16.9 Å². The van der Waals surface area contributed by atoms with Crippen LogP contribution in [-0.4, -0.2) is 32.2 Å². The van der Waals surface area contributed by atoms with Crippen molar-refractivity contribution in [2.24, 2.45) is 0 Å². The Bertz CT molecular complexity index is 1050. The molecule has 0 saturated carbocycles. The average Bonchev–Trinajstić information content (AvgIpc) is 2.67. The maximum Gasteiger partial charge on any atom is 0.255 e. The number of anilines is 1. The van der Waals surface area contributed by atoms with Gasteiger partial charge in [0, 0.05) is 33.9 Å². The van der Waals surface area contributed by atoms with Crippen LogP contribution in [0.25, 0.3) is 10.9 Å². The number of hydrogen-bond acceptors (Lipinski definition) is 5. The second kappa shape index (κ2) is 7.41. The van der Waals surface area contributed by atoms with E-state index in [4.69, 9.17) is 14.2 Å². The summed E-state index contributed by atoms with van der Waals surface area (Å²) in [4.78, 5) is 28.0. The number of aromatic amines is 1. The molecule has 1 amide bonds. The van der Waals surface area contributed by atoms with Gasteiger partial charge in [0.1, 0.15) is 0 Å². The number of methoxy groups -OCH3 is 3. The predicted molar refractivity (Wildman–Crippen MR) is 103 cm³/mol. The highest BCUT2D eigenvalue weighted by molar-refractivity contribution is 6.05. The van der Waals surface area contributed by atoms with E-state index in [1.165, 1.54) is 27.4 Å². The molecular formula is C20H20N2O5. The fraction of sp³-hybridized carbons (Fsp3) is 0.200. The van der Waals surface area contributed by atoms with Crippen LogP contribution in [0.5, 0.6) is 17.2 Å². The topological polar surface area (TPSA) is 89.7 Å². The van der Waals surface area contributed by atoms with Gasteiger partial charge < -0.3 is 24.5 Å². The largest absolute Gasteiger partial charge is 0.493 e. The number of hydrogen-bond donors (Lipinski definition) is 2. The van der Waals surface area contributed by atoms with E-state index in [1.54, 1.807) is 30.3 Å². The molecule has 0 atom stereocenters. The van der Waals surface area contributed by atoms with E-state index in [0.29, 0.717) is 39.4 Å². The number of aromatic nitrogens is 1. The van der Waals surface area contributed by atoms with Crippen LogP contribution in [0.2, 0.25) is 0 Å². The molecule has 0 aliphatic heterocycles. The lowest BCUT2D eigenvalue weighted by Gasteiger charge is -2.14. The molecule has 0 unspecified atom stereocenters. The summed E-state index contributed by atoms with van der Waals surface area (Å²) >= 11 is 0. The number of rotatable bonds is 5. The summed E-state index contributed by atoms with van der Waals surface area (Å²) in [6, 6.07) is 9.78. The normalized spacial score (nSPS) is 10.5. The van der Waals surface area contributed by atoms with Gasteiger partial charge in [0.2, 0.25) is 5.75 Å². The SMILES string of the molecule is COc1cc(C(=O)Nc2ccc3[nH]c(C)cc(=O)c3c2)cc(OC)c1OC. The van der Waals surface area contributed by atoms with Crippen molar-refractivity contribution in [1.29, 1.82) is 0 Å². The van der Waals surface area contributed by atoms with Crippen LogP contribution in [0.4, 0.5) is 5.69 Å². The van der Waals surface area contributed by atoms with Crippen LogP contribution in [0.1, 0.15) is 16.1 Å². The third-order valence-corrected chi connectivity index (χ3v) is 4.15. The molecule has 0 saturated heterocycles. The van der Waals surface area contributed by atoms with Gasteiger partial charge in [-0.25, -0.2) is 0 Å². The highest BCUT2D eigenvalue weighted by atomic mass is 16.5. The van der Waals surface area contributed by atoms with Gasteiger partial charge in [0.25, 0.3) is 5.91 Å². The van der Waals surface area contributed by atoms with E-state index >= 15 is 0 Å². The minimum absolute atomic E-state index is 0.106. The van der Waals surface area contributed by atoms with Gasteiger partial charge in [-0.3, -0.25) is 9.59 Å². The Morgan fingerprint density at radius 1 is 0.963 bits per heavy atom. The number of ether oxygens (including phenoxy) is 3. The highest BCUT2D eigenvalue weighted by Gasteiger charge is 2.17. The van der Waals surface area contributed by atoms with Crippen molar-refractivity contribution >= 4 is 22.5 Å². The molecule has 0 fully saturated rings. The zero-order valence-electron chi connectivity index (χ0n) is 15.5. The zero-order chi connectivity index (χ0) is 19.6. The van der Waals surface area contributed by atoms with Crippen molar-refractivity contribution in [2.75, 3.05) is 26.6 Å². The number of carbonyl (C=O) groups excluding carboxylic acids is 1. The minimum atomic E-state index is -0.364. The molecule has 0 aliphatic rings. The molecule has 7 nitrogen and oxygen atoms in total. The van der Waals surface area contributed by atoms with Gasteiger partial charge in [-0.15, -0.1) is 0 Å². The van der Waals surface area contributed by atoms with Crippen LogP contribution >= 0.6 is 0 Å². The number of carbonyl (C=O) groups is 1. The summed E-state index contributed by atoms with van der Waals surface area (Å²) in [7, 11) is 4.46. The molecular weight excluding hydrogens is 348 g/mol. The lowest BCUT2D eigenvalue weighted by Crippen LogP contribution is -2.13. The van der Waals surface area contributed by atoms with E-state index in [2.05, 4.69) is 10.3 Å². The van der Waals surface area contributed by atoms with Crippen molar-refractivity contribution in [1.82, 2.24) is 4.98 Å². The molecule has 3 aromatic rings. The smallest absolute Gasteiger partial charge is 0.255 e. The van der Waals surface area contributed by atoms with Crippen molar-refractivity contribution < 1.29 is 19.0 Å². The Balaban J connectivity index is 1.96. The summed E-state index contributed by atoms with van der Waals surface area (Å²) in [6.45, 7) is 1.82. The van der Waals surface area contributed by atoms with Crippen LogP contribution in [0, 0.1) is 6.92 Å². The molecule has 140 valence electrons. The Hall–Kier alpha value is -3.48. The number of benzene rings is 2. The fourth-order valence-electron chi connectivity index (χ4n) is 2.87. The van der Waals surface area contributed by atoms with Gasteiger partial charge in [-0.2, -0.15) is 0 Å². The first kappa shape index (κ1) is 18.3. The Labute approximate surface area is 155 Å². The Morgan fingerprint density at radius 3 is 2.22 bits per heavy atom. The maximum absolute atomic E-state index is 12.7. The van der Waals surface area contributed by atoms with Crippen molar-refractivity contribution in [2.45, 2.75) is 6.92 Å². The molecule has 0 spiro atoms. The first-order valence-corrected chi connectivity index (χ1v) is 8.22. The number of nitrogens with one attached hydrogen (secondary N) is 2. The number of amides is 1. The number of aryl methyl sites for hydroxylation is 1. The van der Waals surface area contributed by atoms with Gasteiger partial charge in [-0.05, 0) is 37.3 Å². The highest BCUT2D eigenvalue weighted by Crippen LogP contribution is 2.38. The summed E-state index contributed by atoms with van der Waals surface area (Å²) in [6.07, 6.45) is 0. The van der Waals surface area contributed by atoms with E-state index in [-0.39, 0.29) is 11.3 Å². The van der Waals surface area contributed by atoms with E-state index in [9.17, 15) is 9.59 Å². The molecule has 27 heavy (non-hydrogen) atoms. The molecule has 2 aromatic carbocycles. The summed E-state index contributed by atoms with van der Waals surface area (Å²) in [5.74, 6) is 0.807. The van der Waals surface area contributed by atoms with E-state index in [0.717, 1.165) is 5.69 Å². The van der Waals surface area contributed by atoms with Crippen LogP contribution < -0.4 is 25.0 Å². The molecule has 1 aromatic heterocycles. The maximum atomic E-state index is 12.7. The molecule has 1 heterocycles. The molecule has 0 aliphatic carbocycles. The van der Waals surface area contributed by atoms with Crippen LogP contribution in [-0.2, 0) is 0 Å². The third kappa shape index (κ3) is 3.57.